The van der Waals surface area contributed by atoms with Crippen molar-refractivity contribution in [2.24, 2.45) is 0 Å². The SMILES string of the molecule is CN(C(=O)Nc1ccc(Br)c(C(=O)O)c1)c1cccnc1. The van der Waals surface area contributed by atoms with E-state index in [1.807, 2.05) is 0 Å². The van der Waals surface area contributed by atoms with E-state index in [9.17, 15) is 9.59 Å². The van der Waals surface area contributed by atoms with Gasteiger partial charge in [-0.3, -0.25) is 9.88 Å². The fourth-order valence-electron chi connectivity index (χ4n) is 1.64. The summed E-state index contributed by atoms with van der Waals surface area (Å²) in [6, 6.07) is 7.66. The second kappa shape index (κ2) is 6.36. The standard InChI is InChI=1S/C14H12BrN3O3/c1-18(10-3-2-6-16-8-10)14(21)17-9-4-5-12(15)11(7-9)13(19)20/h2-8H,1H3,(H,17,21)(H,19,20). The molecule has 0 aliphatic carbocycles. The van der Waals surface area contributed by atoms with E-state index in [1.54, 1.807) is 43.7 Å². The number of halogens is 1. The van der Waals surface area contributed by atoms with Gasteiger partial charge in [-0.15, -0.1) is 0 Å². The number of pyridine rings is 1. The summed E-state index contributed by atoms with van der Waals surface area (Å²) in [7, 11) is 1.60. The molecule has 0 spiro atoms. The first-order chi connectivity index (χ1) is 9.99. The Balaban J connectivity index is 2.16. The van der Waals surface area contributed by atoms with E-state index in [1.165, 1.54) is 11.0 Å². The molecule has 1 heterocycles. The van der Waals surface area contributed by atoms with E-state index in [4.69, 9.17) is 5.11 Å². The fraction of sp³-hybridized carbons (Fsp3) is 0.0714. The lowest BCUT2D eigenvalue weighted by Crippen LogP contribution is -2.31. The average molecular weight is 350 g/mol. The minimum atomic E-state index is -1.07. The summed E-state index contributed by atoms with van der Waals surface area (Å²) in [4.78, 5) is 28.5. The number of hydrogen-bond donors (Lipinski definition) is 2. The van der Waals surface area contributed by atoms with Gasteiger partial charge in [-0.2, -0.15) is 0 Å². The maximum atomic E-state index is 12.1. The van der Waals surface area contributed by atoms with Crippen molar-refractivity contribution in [3.63, 3.8) is 0 Å². The van der Waals surface area contributed by atoms with Gasteiger partial charge in [0, 0.05) is 23.4 Å². The summed E-state index contributed by atoms with van der Waals surface area (Å²) in [5.74, 6) is -1.07. The molecule has 21 heavy (non-hydrogen) atoms. The van der Waals surface area contributed by atoms with E-state index in [0.29, 0.717) is 15.8 Å². The topological polar surface area (TPSA) is 82.5 Å². The Hall–Kier alpha value is -2.41. The van der Waals surface area contributed by atoms with E-state index in [0.717, 1.165) is 0 Å². The lowest BCUT2D eigenvalue weighted by molar-refractivity contribution is 0.0696. The van der Waals surface area contributed by atoms with Gasteiger partial charge in [0.2, 0.25) is 0 Å². The van der Waals surface area contributed by atoms with Crippen molar-refractivity contribution in [2.45, 2.75) is 0 Å². The number of aromatic nitrogens is 1. The Morgan fingerprint density at radius 1 is 1.33 bits per heavy atom. The molecule has 0 unspecified atom stereocenters. The van der Waals surface area contributed by atoms with Gasteiger partial charge in [0.25, 0.3) is 0 Å². The number of carbonyl (C=O) groups excluding carboxylic acids is 1. The Bertz CT molecular complexity index is 676. The van der Waals surface area contributed by atoms with Crippen molar-refractivity contribution in [3.8, 4) is 0 Å². The summed E-state index contributed by atoms with van der Waals surface area (Å²) in [5.41, 5.74) is 1.11. The van der Waals surface area contributed by atoms with Crippen LogP contribution in [-0.4, -0.2) is 29.1 Å². The van der Waals surface area contributed by atoms with E-state index in [2.05, 4.69) is 26.2 Å². The van der Waals surface area contributed by atoms with Crippen LogP contribution >= 0.6 is 15.9 Å². The molecule has 7 heteroatoms. The molecule has 1 aromatic carbocycles. The highest BCUT2D eigenvalue weighted by molar-refractivity contribution is 9.10. The number of carboxylic acid groups (broad SMARTS) is 1. The van der Waals surface area contributed by atoms with Crippen molar-refractivity contribution in [1.82, 2.24) is 4.98 Å². The molecule has 0 aliphatic rings. The Kier molecular flexibility index (Phi) is 4.54. The van der Waals surface area contributed by atoms with Crippen molar-refractivity contribution in [3.05, 3.63) is 52.8 Å². The molecule has 1 aromatic heterocycles. The van der Waals surface area contributed by atoms with Gasteiger partial charge < -0.3 is 10.4 Å². The molecule has 6 nitrogen and oxygen atoms in total. The zero-order valence-electron chi connectivity index (χ0n) is 11.1. The summed E-state index contributed by atoms with van der Waals surface area (Å²) in [6.07, 6.45) is 3.17. The van der Waals surface area contributed by atoms with Crippen LogP contribution in [-0.2, 0) is 0 Å². The van der Waals surface area contributed by atoms with E-state index in [-0.39, 0.29) is 11.6 Å². The largest absolute Gasteiger partial charge is 0.478 e. The number of carbonyl (C=O) groups is 2. The summed E-state index contributed by atoms with van der Waals surface area (Å²) >= 11 is 3.15. The molecule has 0 saturated heterocycles. The van der Waals surface area contributed by atoms with Crippen LogP contribution in [0.2, 0.25) is 0 Å². The molecule has 0 saturated carbocycles. The molecule has 0 radical (unpaired) electrons. The van der Waals surface area contributed by atoms with Crippen molar-refractivity contribution in [1.29, 1.82) is 0 Å². The van der Waals surface area contributed by atoms with Crippen molar-refractivity contribution in [2.75, 3.05) is 17.3 Å². The molecule has 0 aliphatic heterocycles. The molecule has 2 N–H and O–H groups in total. The lowest BCUT2D eigenvalue weighted by Gasteiger charge is -2.17. The quantitative estimate of drug-likeness (QED) is 0.891. The molecular formula is C14H12BrN3O3. The van der Waals surface area contributed by atoms with E-state index < -0.39 is 5.97 Å². The monoisotopic (exact) mass is 349 g/mol. The first-order valence-electron chi connectivity index (χ1n) is 5.96. The number of nitrogens with zero attached hydrogens (tertiary/aromatic N) is 2. The van der Waals surface area contributed by atoms with Crippen molar-refractivity contribution < 1.29 is 14.7 Å². The van der Waals surface area contributed by atoms with Crippen LogP contribution in [0.5, 0.6) is 0 Å². The van der Waals surface area contributed by atoms with Gasteiger partial charge in [0.05, 0.1) is 17.4 Å². The highest BCUT2D eigenvalue weighted by atomic mass is 79.9. The second-order valence-corrected chi connectivity index (χ2v) is 5.05. The number of anilines is 2. The highest BCUT2D eigenvalue weighted by Gasteiger charge is 2.13. The number of aromatic carboxylic acids is 1. The van der Waals surface area contributed by atoms with Gasteiger partial charge in [-0.1, -0.05) is 0 Å². The number of hydrogen-bond acceptors (Lipinski definition) is 3. The number of urea groups is 1. The number of amides is 2. The molecule has 0 atom stereocenters. The first-order valence-corrected chi connectivity index (χ1v) is 6.76. The van der Waals surface area contributed by atoms with Gasteiger partial charge >= 0.3 is 12.0 Å². The van der Waals surface area contributed by atoms with Crippen LogP contribution in [0.15, 0.2) is 47.2 Å². The maximum absolute atomic E-state index is 12.1. The van der Waals surface area contributed by atoms with Crippen LogP contribution in [0.1, 0.15) is 10.4 Å². The second-order valence-electron chi connectivity index (χ2n) is 4.20. The average Bonchev–Trinajstić information content (AvgIpc) is 2.49. The zero-order chi connectivity index (χ0) is 15.4. The smallest absolute Gasteiger partial charge is 0.336 e. The molecule has 108 valence electrons. The van der Waals surface area contributed by atoms with E-state index >= 15 is 0 Å². The number of rotatable bonds is 3. The third-order valence-corrected chi connectivity index (χ3v) is 3.48. The number of benzene rings is 1. The van der Waals surface area contributed by atoms with Gasteiger partial charge in [-0.25, -0.2) is 9.59 Å². The summed E-state index contributed by atoms with van der Waals surface area (Å²) in [6.45, 7) is 0. The lowest BCUT2D eigenvalue weighted by atomic mass is 10.2. The van der Waals surface area contributed by atoms with Crippen LogP contribution in [0.25, 0.3) is 0 Å². The molecule has 0 fully saturated rings. The fourth-order valence-corrected chi connectivity index (χ4v) is 2.06. The van der Waals surface area contributed by atoms with Gasteiger partial charge in [0.1, 0.15) is 0 Å². The minimum Gasteiger partial charge on any atom is -0.478 e. The van der Waals surface area contributed by atoms with Crippen LogP contribution in [0.4, 0.5) is 16.2 Å². The zero-order valence-corrected chi connectivity index (χ0v) is 12.7. The molecule has 2 aromatic rings. The maximum Gasteiger partial charge on any atom is 0.336 e. The molecule has 0 bridgehead atoms. The Morgan fingerprint density at radius 3 is 2.71 bits per heavy atom. The third kappa shape index (κ3) is 3.57. The third-order valence-electron chi connectivity index (χ3n) is 2.79. The molecule has 2 amide bonds. The van der Waals surface area contributed by atoms with Gasteiger partial charge in [0.15, 0.2) is 0 Å². The van der Waals surface area contributed by atoms with Crippen LogP contribution in [0.3, 0.4) is 0 Å². The van der Waals surface area contributed by atoms with Crippen LogP contribution in [0, 0.1) is 0 Å². The van der Waals surface area contributed by atoms with Crippen molar-refractivity contribution >= 4 is 39.3 Å². The van der Waals surface area contributed by atoms with Gasteiger partial charge in [-0.05, 0) is 46.3 Å². The number of carboxylic acids is 1. The normalized spacial score (nSPS) is 10.0. The Morgan fingerprint density at radius 2 is 2.10 bits per heavy atom. The summed E-state index contributed by atoms with van der Waals surface area (Å²) < 4.78 is 0.452. The number of nitrogens with one attached hydrogen (secondary N) is 1. The summed E-state index contributed by atoms with van der Waals surface area (Å²) in [5, 5.41) is 11.7. The minimum absolute atomic E-state index is 0.0804. The first kappa shape index (κ1) is 15.0. The highest BCUT2D eigenvalue weighted by Crippen LogP contribution is 2.22. The molecular weight excluding hydrogens is 338 g/mol. The van der Waals surface area contributed by atoms with Crippen LogP contribution < -0.4 is 10.2 Å². The predicted octanol–water partition coefficient (Wildman–Crippen LogP) is 3.21. The molecule has 2 rings (SSSR count). The Labute approximate surface area is 129 Å². The predicted molar refractivity (Wildman–Crippen MR) is 82.8 cm³/mol.